The van der Waals surface area contributed by atoms with Crippen LogP contribution in [0.5, 0.6) is 0 Å². The van der Waals surface area contributed by atoms with Crippen molar-refractivity contribution in [1.82, 2.24) is 5.32 Å². The second-order valence-corrected chi connectivity index (χ2v) is 6.63. The molecule has 0 unspecified atom stereocenters. The molecule has 1 aromatic carbocycles. The number of hydrogen-bond donors (Lipinski definition) is 2. The molecular formula is C13H17FN2O3S. The first-order chi connectivity index (χ1) is 9.29. The maximum Gasteiger partial charge on any atom is 0.251 e. The van der Waals surface area contributed by atoms with E-state index in [1.165, 1.54) is 13.0 Å². The number of nitrogens with one attached hydrogen (secondary N) is 1. The van der Waals surface area contributed by atoms with Gasteiger partial charge in [-0.05, 0) is 37.5 Å². The van der Waals surface area contributed by atoms with Crippen molar-refractivity contribution in [2.45, 2.75) is 43.5 Å². The molecule has 0 bridgehead atoms. The number of hydrogen-bond acceptors (Lipinski definition) is 3. The van der Waals surface area contributed by atoms with Crippen molar-refractivity contribution in [3.05, 3.63) is 29.1 Å². The minimum atomic E-state index is -4.19. The lowest BCUT2D eigenvalue weighted by atomic mass is 10.1. The molecule has 20 heavy (non-hydrogen) atoms. The molecule has 3 N–H and O–H groups in total. The molecular weight excluding hydrogens is 283 g/mol. The molecule has 1 aliphatic rings. The third kappa shape index (κ3) is 3.16. The molecule has 0 saturated heterocycles. The molecule has 0 heterocycles. The topological polar surface area (TPSA) is 89.3 Å². The summed E-state index contributed by atoms with van der Waals surface area (Å²) < 4.78 is 36.4. The van der Waals surface area contributed by atoms with E-state index in [4.69, 9.17) is 5.14 Å². The van der Waals surface area contributed by atoms with Crippen molar-refractivity contribution >= 4 is 15.9 Å². The van der Waals surface area contributed by atoms with Crippen LogP contribution in [0, 0.1) is 12.7 Å². The van der Waals surface area contributed by atoms with Crippen LogP contribution in [0.15, 0.2) is 17.0 Å². The van der Waals surface area contributed by atoms with E-state index in [1.54, 1.807) is 0 Å². The Labute approximate surface area is 117 Å². The summed E-state index contributed by atoms with van der Waals surface area (Å²) >= 11 is 0. The highest BCUT2D eigenvalue weighted by Crippen LogP contribution is 2.21. The molecule has 1 aliphatic carbocycles. The first kappa shape index (κ1) is 14.9. The SMILES string of the molecule is Cc1cc(C(=O)NC2CCCC2)cc(S(N)(=O)=O)c1F. The van der Waals surface area contributed by atoms with Crippen molar-refractivity contribution < 1.29 is 17.6 Å². The van der Waals surface area contributed by atoms with Gasteiger partial charge in [-0.25, -0.2) is 17.9 Å². The van der Waals surface area contributed by atoms with Gasteiger partial charge in [-0.15, -0.1) is 0 Å². The fraction of sp³-hybridized carbons (Fsp3) is 0.462. The Kier molecular flexibility index (Phi) is 4.10. The number of rotatable bonds is 3. The first-order valence-corrected chi connectivity index (χ1v) is 7.97. The minimum absolute atomic E-state index is 0.0769. The van der Waals surface area contributed by atoms with E-state index in [2.05, 4.69) is 5.32 Å². The van der Waals surface area contributed by atoms with Crippen LogP contribution >= 0.6 is 0 Å². The molecule has 1 saturated carbocycles. The van der Waals surface area contributed by atoms with Gasteiger partial charge in [0.2, 0.25) is 10.0 Å². The number of benzene rings is 1. The van der Waals surface area contributed by atoms with Gasteiger partial charge in [0.25, 0.3) is 5.91 Å². The number of halogens is 1. The van der Waals surface area contributed by atoms with Crippen LogP contribution in [0.4, 0.5) is 4.39 Å². The van der Waals surface area contributed by atoms with Gasteiger partial charge in [-0.2, -0.15) is 0 Å². The Morgan fingerprint density at radius 2 is 1.95 bits per heavy atom. The van der Waals surface area contributed by atoms with Crippen LogP contribution in [0.25, 0.3) is 0 Å². The highest BCUT2D eigenvalue weighted by atomic mass is 32.2. The van der Waals surface area contributed by atoms with Crippen molar-refractivity contribution in [1.29, 1.82) is 0 Å². The van der Waals surface area contributed by atoms with Crippen molar-refractivity contribution in [2.24, 2.45) is 5.14 Å². The average molecular weight is 300 g/mol. The molecule has 1 fully saturated rings. The third-order valence-electron chi connectivity index (χ3n) is 3.48. The number of carbonyl (C=O) groups is 1. The van der Waals surface area contributed by atoms with Crippen LogP contribution in [0.1, 0.15) is 41.6 Å². The van der Waals surface area contributed by atoms with E-state index in [-0.39, 0.29) is 17.2 Å². The molecule has 110 valence electrons. The Morgan fingerprint density at radius 1 is 1.35 bits per heavy atom. The van der Waals surface area contributed by atoms with Crippen LogP contribution in [0.2, 0.25) is 0 Å². The van der Waals surface area contributed by atoms with Gasteiger partial charge in [0.1, 0.15) is 10.7 Å². The average Bonchev–Trinajstić information content (AvgIpc) is 2.83. The zero-order chi connectivity index (χ0) is 14.9. The molecule has 0 atom stereocenters. The summed E-state index contributed by atoms with van der Waals surface area (Å²) in [4.78, 5) is 11.4. The Hall–Kier alpha value is -1.47. The van der Waals surface area contributed by atoms with Crippen LogP contribution < -0.4 is 10.5 Å². The van der Waals surface area contributed by atoms with Crippen LogP contribution in [0.3, 0.4) is 0 Å². The summed E-state index contributed by atoms with van der Waals surface area (Å²) in [6.45, 7) is 1.40. The fourth-order valence-corrected chi connectivity index (χ4v) is 3.12. The lowest BCUT2D eigenvalue weighted by Gasteiger charge is -2.13. The number of primary sulfonamides is 1. The quantitative estimate of drug-likeness (QED) is 0.885. The number of sulfonamides is 1. The summed E-state index contributed by atoms with van der Waals surface area (Å²) in [6.07, 6.45) is 3.95. The summed E-state index contributed by atoms with van der Waals surface area (Å²) in [5.41, 5.74) is 0.188. The second-order valence-electron chi connectivity index (χ2n) is 5.11. The third-order valence-corrected chi connectivity index (χ3v) is 4.39. The van der Waals surface area contributed by atoms with Crippen molar-refractivity contribution in [3.8, 4) is 0 Å². The highest BCUT2D eigenvalue weighted by molar-refractivity contribution is 7.89. The summed E-state index contributed by atoms with van der Waals surface area (Å²) in [6, 6.07) is 2.42. The van der Waals surface area contributed by atoms with Gasteiger partial charge in [-0.1, -0.05) is 12.8 Å². The smallest absolute Gasteiger partial charge is 0.251 e. The van der Waals surface area contributed by atoms with Crippen LogP contribution in [-0.4, -0.2) is 20.4 Å². The molecule has 0 aliphatic heterocycles. The molecule has 0 radical (unpaired) electrons. The Morgan fingerprint density at radius 3 is 2.50 bits per heavy atom. The van der Waals surface area contributed by atoms with Gasteiger partial charge >= 0.3 is 0 Å². The molecule has 5 nitrogen and oxygen atoms in total. The standard InChI is InChI=1S/C13H17FN2O3S/c1-8-6-9(7-11(12(8)14)20(15,18)19)13(17)16-10-4-2-3-5-10/h6-7,10H,2-5H2,1H3,(H,16,17)(H2,15,18,19). The van der Waals surface area contributed by atoms with Crippen molar-refractivity contribution in [3.63, 3.8) is 0 Å². The maximum absolute atomic E-state index is 13.8. The van der Waals surface area contributed by atoms with Gasteiger partial charge in [0.05, 0.1) is 0 Å². The molecule has 7 heteroatoms. The number of carbonyl (C=O) groups excluding carboxylic acids is 1. The van der Waals surface area contributed by atoms with E-state index in [0.29, 0.717) is 0 Å². The lowest BCUT2D eigenvalue weighted by molar-refractivity contribution is 0.0937. The van der Waals surface area contributed by atoms with Gasteiger partial charge in [0, 0.05) is 11.6 Å². The Bertz CT molecular complexity index is 637. The molecule has 2 rings (SSSR count). The van der Waals surface area contributed by atoms with Gasteiger partial charge in [0.15, 0.2) is 0 Å². The Balaban J connectivity index is 2.32. The highest BCUT2D eigenvalue weighted by Gasteiger charge is 2.22. The van der Waals surface area contributed by atoms with Gasteiger partial charge in [-0.3, -0.25) is 4.79 Å². The molecule has 0 aromatic heterocycles. The van der Waals surface area contributed by atoms with E-state index in [1.807, 2.05) is 0 Å². The van der Waals surface area contributed by atoms with E-state index in [9.17, 15) is 17.6 Å². The molecule has 1 aromatic rings. The second kappa shape index (κ2) is 5.49. The fourth-order valence-electron chi connectivity index (χ4n) is 2.41. The summed E-state index contributed by atoms with van der Waals surface area (Å²) in [7, 11) is -4.19. The lowest BCUT2D eigenvalue weighted by Crippen LogP contribution is -2.33. The summed E-state index contributed by atoms with van der Waals surface area (Å²) in [5.74, 6) is -1.31. The van der Waals surface area contributed by atoms with Crippen molar-refractivity contribution in [2.75, 3.05) is 0 Å². The van der Waals surface area contributed by atoms with Crippen LogP contribution in [-0.2, 0) is 10.0 Å². The maximum atomic E-state index is 13.8. The zero-order valence-corrected chi connectivity index (χ0v) is 12.0. The van der Waals surface area contributed by atoms with E-state index >= 15 is 0 Å². The zero-order valence-electron chi connectivity index (χ0n) is 11.1. The minimum Gasteiger partial charge on any atom is -0.349 e. The molecule has 0 spiro atoms. The number of amides is 1. The predicted octanol–water partition coefficient (Wildman–Crippen LogP) is 1.45. The van der Waals surface area contributed by atoms with E-state index < -0.39 is 26.6 Å². The predicted molar refractivity (Wildman–Crippen MR) is 72.2 cm³/mol. The first-order valence-electron chi connectivity index (χ1n) is 6.43. The van der Waals surface area contributed by atoms with E-state index in [0.717, 1.165) is 31.7 Å². The number of aryl methyl sites for hydroxylation is 1. The number of nitrogens with two attached hydrogens (primary N) is 1. The van der Waals surface area contributed by atoms with Gasteiger partial charge < -0.3 is 5.32 Å². The molecule has 1 amide bonds. The largest absolute Gasteiger partial charge is 0.349 e. The monoisotopic (exact) mass is 300 g/mol. The normalized spacial score (nSPS) is 16.4. The summed E-state index contributed by atoms with van der Waals surface area (Å²) in [5, 5.41) is 7.78.